The second-order valence-electron chi connectivity index (χ2n) is 4.29. The molecule has 92 valence electrons. The van der Waals surface area contributed by atoms with Gasteiger partial charge in [0.1, 0.15) is 0 Å². The molecular formula is C13H17NO3. The minimum atomic E-state index is -0.794. The quantitative estimate of drug-likeness (QED) is 0.812. The molecule has 0 saturated carbocycles. The first-order chi connectivity index (χ1) is 8.24. The van der Waals surface area contributed by atoms with E-state index in [1.54, 1.807) is 0 Å². The minimum Gasteiger partial charge on any atom is -0.481 e. The van der Waals surface area contributed by atoms with E-state index in [0.717, 1.165) is 31.7 Å². The van der Waals surface area contributed by atoms with Crippen LogP contribution < -0.4 is 5.32 Å². The lowest BCUT2D eigenvalue weighted by atomic mass is 10.0. The van der Waals surface area contributed by atoms with Crippen molar-refractivity contribution in [1.82, 2.24) is 5.32 Å². The average molecular weight is 235 g/mol. The zero-order valence-corrected chi connectivity index (χ0v) is 9.69. The second kappa shape index (κ2) is 5.80. The Bertz CT molecular complexity index is 369. The molecule has 17 heavy (non-hydrogen) atoms. The Kier molecular flexibility index (Phi) is 4.12. The van der Waals surface area contributed by atoms with Crippen LogP contribution in [0.5, 0.6) is 0 Å². The predicted molar refractivity (Wildman–Crippen MR) is 64.1 cm³/mol. The highest BCUT2D eigenvalue weighted by Crippen LogP contribution is 2.10. The number of carbonyl (C=O) groups is 1. The minimum absolute atomic E-state index is 0.0851. The highest BCUT2D eigenvalue weighted by Gasteiger charge is 2.13. The van der Waals surface area contributed by atoms with Crippen molar-refractivity contribution in [1.29, 1.82) is 0 Å². The van der Waals surface area contributed by atoms with Crippen LogP contribution >= 0.6 is 0 Å². The lowest BCUT2D eigenvalue weighted by Crippen LogP contribution is -2.39. The van der Waals surface area contributed by atoms with E-state index in [-0.39, 0.29) is 12.5 Å². The Morgan fingerprint density at radius 1 is 1.35 bits per heavy atom. The summed E-state index contributed by atoms with van der Waals surface area (Å²) in [4.78, 5) is 10.5. The lowest BCUT2D eigenvalue weighted by molar-refractivity contribution is -0.136. The van der Waals surface area contributed by atoms with Crippen molar-refractivity contribution in [2.45, 2.75) is 18.9 Å². The van der Waals surface area contributed by atoms with E-state index in [0.29, 0.717) is 0 Å². The molecule has 2 rings (SSSR count). The van der Waals surface area contributed by atoms with Crippen LogP contribution in [0.15, 0.2) is 24.3 Å². The number of hydrogen-bond acceptors (Lipinski definition) is 3. The van der Waals surface area contributed by atoms with Gasteiger partial charge in [0.15, 0.2) is 0 Å². The van der Waals surface area contributed by atoms with E-state index in [4.69, 9.17) is 9.84 Å². The number of morpholine rings is 1. The Labute approximate surface area is 101 Å². The molecule has 0 spiro atoms. The monoisotopic (exact) mass is 235 g/mol. The molecule has 1 saturated heterocycles. The van der Waals surface area contributed by atoms with Gasteiger partial charge in [-0.1, -0.05) is 24.3 Å². The van der Waals surface area contributed by atoms with Crippen molar-refractivity contribution < 1.29 is 14.6 Å². The van der Waals surface area contributed by atoms with Gasteiger partial charge in [0.05, 0.1) is 19.1 Å². The van der Waals surface area contributed by atoms with Gasteiger partial charge >= 0.3 is 5.97 Å². The van der Waals surface area contributed by atoms with Gasteiger partial charge in [-0.2, -0.15) is 0 Å². The van der Waals surface area contributed by atoms with Crippen LogP contribution in [0.3, 0.4) is 0 Å². The van der Waals surface area contributed by atoms with E-state index in [9.17, 15) is 4.79 Å². The van der Waals surface area contributed by atoms with Crippen LogP contribution in [-0.2, 0) is 22.4 Å². The summed E-state index contributed by atoms with van der Waals surface area (Å²) >= 11 is 0. The lowest BCUT2D eigenvalue weighted by Gasteiger charge is -2.23. The SMILES string of the molecule is O=C(O)Cc1ccc(CC2CNCCO2)cc1. The van der Waals surface area contributed by atoms with E-state index >= 15 is 0 Å². The molecule has 0 aliphatic carbocycles. The Morgan fingerprint density at radius 2 is 2.06 bits per heavy atom. The van der Waals surface area contributed by atoms with Crippen molar-refractivity contribution in [3.05, 3.63) is 35.4 Å². The highest BCUT2D eigenvalue weighted by molar-refractivity contribution is 5.70. The molecule has 1 aromatic rings. The van der Waals surface area contributed by atoms with Crippen LogP contribution in [0.25, 0.3) is 0 Å². The second-order valence-corrected chi connectivity index (χ2v) is 4.29. The van der Waals surface area contributed by atoms with Crippen LogP contribution in [0.2, 0.25) is 0 Å². The van der Waals surface area contributed by atoms with Gasteiger partial charge in [-0.15, -0.1) is 0 Å². The molecule has 0 bridgehead atoms. The van der Waals surface area contributed by atoms with Gasteiger partial charge in [0.25, 0.3) is 0 Å². The molecular weight excluding hydrogens is 218 g/mol. The average Bonchev–Trinajstić information content (AvgIpc) is 2.32. The number of nitrogens with one attached hydrogen (secondary N) is 1. The van der Waals surface area contributed by atoms with Gasteiger partial charge in [-0.25, -0.2) is 0 Å². The van der Waals surface area contributed by atoms with E-state index in [1.807, 2.05) is 24.3 Å². The maximum absolute atomic E-state index is 10.5. The Morgan fingerprint density at radius 3 is 2.65 bits per heavy atom. The fourth-order valence-electron chi connectivity index (χ4n) is 1.98. The fraction of sp³-hybridized carbons (Fsp3) is 0.462. The summed E-state index contributed by atoms with van der Waals surface area (Å²) in [6.07, 6.45) is 1.19. The number of rotatable bonds is 4. The molecule has 1 atom stereocenters. The molecule has 1 heterocycles. The third-order valence-corrected chi connectivity index (χ3v) is 2.85. The first-order valence-corrected chi connectivity index (χ1v) is 5.86. The summed E-state index contributed by atoms with van der Waals surface area (Å²) < 4.78 is 5.62. The van der Waals surface area contributed by atoms with Gasteiger partial charge in [0.2, 0.25) is 0 Å². The van der Waals surface area contributed by atoms with Crippen molar-refractivity contribution in [3.8, 4) is 0 Å². The van der Waals surface area contributed by atoms with Gasteiger partial charge in [-0.05, 0) is 17.5 Å². The molecule has 0 amide bonds. The topological polar surface area (TPSA) is 58.6 Å². The molecule has 0 aromatic heterocycles. The smallest absolute Gasteiger partial charge is 0.307 e. The van der Waals surface area contributed by atoms with Crippen molar-refractivity contribution in [3.63, 3.8) is 0 Å². The largest absolute Gasteiger partial charge is 0.481 e. The molecule has 1 aliphatic rings. The Balaban J connectivity index is 1.90. The third kappa shape index (κ3) is 3.84. The summed E-state index contributed by atoms with van der Waals surface area (Å²) in [6.45, 7) is 2.58. The van der Waals surface area contributed by atoms with E-state index in [1.165, 1.54) is 5.56 Å². The molecule has 1 aromatic carbocycles. The summed E-state index contributed by atoms with van der Waals surface area (Å²) in [5.74, 6) is -0.794. The number of ether oxygens (including phenoxy) is 1. The molecule has 1 aliphatic heterocycles. The first-order valence-electron chi connectivity index (χ1n) is 5.86. The predicted octanol–water partition coefficient (Wildman–Crippen LogP) is 0.845. The maximum atomic E-state index is 10.5. The molecule has 0 radical (unpaired) electrons. The molecule has 1 unspecified atom stereocenters. The van der Waals surface area contributed by atoms with Gasteiger partial charge < -0.3 is 15.2 Å². The van der Waals surface area contributed by atoms with Crippen LogP contribution in [0, 0.1) is 0 Å². The molecule has 4 nitrogen and oxygen atoms in total. The standard InChI is InChI=1S/C13H17NO3/c15-13(16)8-11-3-1-10(2-4-11)7-12-9-14-5-6-17-12/h1-4,12,14H,5-9H2,(H,15,16). The zero-order valence-electron chi connectivity index (χ0n) is 9.69. The van der Waals surface area contributed by atoms with E-state index < -0.39 is 5.97 Å². The van der Waals surface area contributed by atoms with Gasteiger partial charge in [-0.3, -0.25) is 4.79 Å². The maximum Gasteiger partial charge on any atom is 0.307 e. The fourth-order valence-corrected chi connectivity index (χ4v) is 1.98. The number of carboxylic acids is 1. The summed E-state index contributed by atoms with van der Waals surface area (Å²) in [7, 11) is 0. The van der Waals surface area contributed by atoms with Crippen LogP contribution in [0.4, 0.5) is 0 Å². The Hall–Kier alpha value is -1.39. The summed E-state index contributed by atoms with van der Waals surface area (Å²) in [6, 6.07) is 7.71. The third-order valence-electron chi connectivity index (χ3n) is 2.85. The number of benzene rings is 1. The van der Waals surface area contributed by atoms with Crippen molar-refractivity contribution in [2.24, 2.45) is 0 Å². The molecule has 2 N–H and O–H groups in total. The normalized spacial score (nSPS) is 20.1. The molecule has 1 fully saturated rings. The van der Waals surface area contributed by atoms with Gasteiger partial charge in [0, 0.05) is 13.1 Å². The number of carboxylic acid groups (broad SMARTS) is 1. The summed E-state index contributed by atoms with van der Waals surface area (Å²) in [5.41, 5.74) is 2.02. The van der Waals surface area contributed by atoms with Crippen molar-refractivity contribution in [2.75, 3.05) is 19.7 Å². The van der Waals surface area contributed by atoms with Crippen LogP contribution in [-0.4, -0.2) is 36.9 Å². The zero-order chi connectivity index (χ0) is 12.1. The van der Waals surface area contributed by atoms with Crippen molar-refractivity contribution >= 4 is 5.97 Å². The van der Waals surface area contributed by atoms with Crippen LogP contribution in [0.1, 0.15) is 11.1 Å². The highest BCUT2D eigenvalue weighted by atomic mass is 16.5. The first kappa shape index (κ1) is 12.1. The molecule has 4 heteroatoms. The van der Waals surface area contributed by atoms with E-state index in [2.05, 4.69) is 5.32 Å². The summed E-state index contributed by atoms with van der Waals surface area (Å²) in [5, 5.41) is 12.0. The number of aliphatic carboxylic acids is 1. The number of hydrogen-bond donors (Lipinski definition) is 2.